The molecule has 0 spiro atoms. The molecule has 4 rings (SSSR count). The van der Waals surface area contributed by atoms with E-state index < -0.39 is 9.84 Å². The first kappa shape index (κ1) is 26.8. The predicted molar refractivity (Wildman–Crippen MR) is 132 cm³/mol. The smallest absolute Gasteiger partial charge is 0.289 e. The number of piperazine rings is 1. The Labute approximate surface area is 211 Å². The van der Waals surface area contributed by atoms with Gasteiger partial charge in [-0.05, 0) is 54.0 Å². The molecule has 0 radical (unpaired) electrons. The Kier molecular flexibility index (Phi) is 8.68. The lowest BCUT2D eigenvalue weighted by Crippen LogP contribution is -2.50. The van der Waals surface area contributed by atoms with Crippen molar-refractivity contribution in [3.8, 4) is 0 Å². The van der Waals surface area contributed by atoms with Gasteiger partial charge < -0.3 is 9.32 Å². The van der Waals surface area contributed by atoms with Crippen molar-refractivity contribution in [2.24, 2.45) is 5.92 Å². The van der Waals surface area contributed by atoms with E-state index in [0.29, 0.717) is 43.7 Å². The summed E-state index contributed by atoms with van der Waals surface area (Å²) < 4.78 is 32.7. The Balaban J connectivity index is 0.00000342. The Morgan fingerprint density at radius 3 is 2.37 bits per heavy atom. The average Bonchev–Trinajstić information content (AvgIpc) is 3.50. The average molecular weight is 523 g/mol. The molecular weight excluding hydrogens is 492 g/mol. The standard InChI is InChI=1S/C23H30N6O4S.ClH/c1-17(2)15-20(27-10-12-28(13-11-27)23(30)21-5-4-14-33-21)22-24-25-26-29(22)16-34(31,32)19-8-6-18(3)7-9-19;/h4-9,14,17,20H,10-13,15-16H2,1-3H3;1H. The number of furan rings is 1. The first-order chi connectivity index (χ1) is 16.2. The van der Waals surface area contributed by atoms with E-state index in [1.165, 1.54) is 10.9 Å². The molecule has 190 valence electrons. The molecule has 0 aliphatic carbocycles. The summed E-state index contributed by atoms with van der Waals surface area (Å²) in [5.41, 5.74) is 0.990. The molecule has 3 aromatic rings. The van der Waals surface area contributed by atoms with Crippen LogP contribution in [-0.4, -0.2) is 70.5 Å². The van der Waals surface area contributed by atoms with Crippen molar-refractivity contribution < 1.29 is 17.6 Å². The van der Waals surface area contributed by atoms with Crippen molar-refractivity contribution in [2.45, 2.75) is 44.0 Å². The molecule has 1 fully saturated rings. The fraction of sp³-hybridized carbons (Fsp3) is 0.478. The highest BCUT2D eigenvalue weighted by atomic mass is 35.5. The van der Waals surface area contributed by atoms with Crippen molar-refractivity contribution in [1.82, 2.24) is 30.0 Å². The molecule has 1 saturated heterocycles. The molecule has 1 amide bonds. The van der Waals surface area contributed by atoms with E-state index in [9.17, 15) is 13.2 Å². The first-order valence-corrected chi connectivity index (χ1v) is 13.0. The highest BCUT2D eigenvalue weighted by molar-refractivity contribution is 7.90. The van der Waals surface area contributed by atoms with Crippen LogP contribution in [0.3, 0.4) is 0 Å². The van der Waals surface area contributed by atoms with Gasteiger partial charge in [0.15, 0.2) is 27.3 Å². The molecule has 1 unspecified atom stereocenters. The minimum atomic E-state index is -3.62. The van der Waals surface area contributed by atoms with Gasteiger partial charge in [-0.15, -0.1) is 17.5 Å². The fourth-order valence-electron chi connectivity index (χ4n) is 4.18. The van der Waals surface area contributed by atoms with Crippen LogP contribution < -0.4 is 0 Å². The van der Waals surface area contributed by atoms with E-state index in [1.807, 2.05) is 6.92 Å². The molecule has 0 N–H and O–H groups in total. The zero-order chi connectivity index (χ0) is 24.3. The molecule has 1 atom stereocenters. The van der Waals surface area contributed by atoms with Gasteiger partial charge in [0.25, 0.3) is 5.91 Å². The van der Waals surface area contributed by atoms with E-state index in [-0.39, 0.29) is 35.1 Å². The third-order valence-electron chi connectivity index (χ3n) is 6.00. The zero-order valence-corrected chi connectivity index (χ0v) is 21.7. The van der Waals surface area contributed by atoms with Crippen LogP contribution in [-0.2, 0) is 15.7 Å². The van der Waals surface area contributed by atoms with Gasteiger partial charge in [0.2, 0.25) is 0 Å². The molecule has 35 heavy (non-hydrogen) atoms. The fourth-order valence-corrected chi connectivity index (χ4v) is 5.39. The van der Waals surface area contributed by atoms with Gasteiger partial charge in [-0.2, -0.15) is 0 Å². The molecule has 12 heteroatoms. The van der Waals surface area contributed by atoms with Crippen molar-refractivity contribution in [1.29, 1.82) is 0 Å². The topological polar surface area (TPSA) is 114 Å². The van der Waals surface area contributed by atoms with Gasteiger partial charge in [-0.25, -0.2) is 13.1 Å². The van der Waals surface area contributed by atoms with E-state index >= 15 is 0 Å². The maximum atomic E-state index is 13.0. The van der Waals surface area contributed by atoms with Gasteiger partial charge >= 0.3 is 0 Å². The summed E-state index contributed by atoms with van der Waals surface area (Å²) in [5, 5.41) is 12.1. The largest absolute Gasteiger partial charge is 0.459 e. The number of rotatable bonds is 8. The summed E-state index contributed by atoms with van der Waals surface area (Å²) in [4.78, 5) is 16.9. The number of carbonyl (C=O) groups excluding carboxylic acids is 1. The third-order valence-corrected chi connectivity index (χ3v) is 7.57. The van der Waals surface area contributed by atoms with E-state index in [2.05, 4.69) is 34.3 Å². The number of hydrogen-bond acceptors (Lipinski definition) is 8. The highest BCUT2D eigenvalue weighted by Crippen LogP contribution is 2.28. The van der Waals surface area contributed by atoms with E-state index in [4.69, 9.17) is 4.42 Å². The quantitative estimate of drug-likeness (QED) is 0.443. The number of aromatic nitrogens is 4. The molecule has 0 saturated carbocycles. The lowest BCUT2D eigenvalue weighted by Gasteiger charge is -2.39. The molecule has 3 heterocycles. The van der Waals surface area contributed by atoms with Crippen LogP contribution >= 0.6 is 12.4 Å². The lowest BCUT2D eigenvalue weighted by atomic mass is 10.0. The van der Waals surface area contributed by atoms with Gasteiger partial charge in [0.1, 0.15) is 0 Å². The van der Waals surface area contributed by atoms with E-state index in [1.54, 1.807) is 41.3 Å². The Morgan fingerprint density at radius 2 is 1.77 bits per heavy atom. The number of sulfone groups is 1. The van der Waals surface area contributed by atoms with Gasteiger partial charge in [-0.3, -0.25) is 9.69 Å². The second-order valence-electron chi connectivity index (χ2n) is 9.04. The second-order valence-corrected chi connectivity index (χ2v) is 11.0. The molecule has 1 aromatic carbocycles. The summed E-state index contributed by atoms with van der Waals surface area (Å²) in [7, 11) is -3.62. The molecule has 1 aliphatic heterocycles. The number of amides is 1. The predicted octanol–water partition coefficient (Wildman–Crippen LogP) is 2.97. The van der Waals surface area contributed by atoms with Crippen molar-refractivity contribution >= 4 is 28.2 Å². The second kappa shape index (κ2) is 11.3. The third kappa shape index (κ3) is 6.28. The molecular formula is C23H31ClN6O4S. The molecule has 0 bridgehead atoms. The minimum Gasteiger partial charge on any atom is -0.459 e. The zero-order valence-electron chi connectivity index (χ0n) is 20.1. The van der Waals surface area contributed by atoms with Gasteiger partial charge in [0.05, 0.1) is 17.2 Å². The van der Waals surface area contributed by atoms with E-state index in [0.717, 1.165) is 12.0 Å². The van der Waals surface area contributed by atoms with Crippen LogP contribution in [0.15, 0.2) is 52.0 Å². The molecule has 1 aliphatic rings. The monoisotopic (exact) mass is 522 g/mol. The maximum absolute atomic E-state index is 13.0. The van der Waals surface area contributed by atoms with Crippen LogP contribution in [0.2, 0.25) is 0 Å². The van der Waals surface area contributed by atoms with Gasteiger partial charge in [0, 0.05) is 26.2 Å². The summed E-state index contributed by atoms with van der Waals surface area (Å²) >= 11 is 0. The normalized spacial score (nSPS) is 15.7. The minimum absolute atomic E-state index is 0. The highest BCUT2D eigenvalue weighted by Gasteiger charge is 2.32. The number of nitrogens with zero attached hydrogens (tertiary/aromatic N) is 6. The SMILES string of the molecule is Cc1ccc(S(=O)(=O)Cn2nnnc2C(CC(C)C)N2CCN(C(=O)c3ccco3)CC2)cc1.Cl. The summed E-state index contributed by atoms with van der Waals surface area (Å²) in [6.45, 7) is 8.47. The molecule has 10 nitrogen and oxygen atoms in total. The summed E-state index contributed by atoms with van der Waals surface area (Å²) in [6, 6.07) is 9.97. The number of halogens is 1. The van der Waals surface area contributed by atoms with Crippen LogP contribution in [0.1, 0.15) is 48.3 Å². The Morgan fingerprint density at radius 1 is 1.09 bits per heavy atom. The maximum Gasteiger partial charge on any atom is 0.289 e. The lowest BCUT2D eigenvalue weighted by molar-refractivity contribution is 0.0501. The van der Waals surface area contributed by atoms with Crippen LogP contribution in [0.5, 0.6) is 0 Å². The summed E-state index contributed by atoms with van der Waals surface area (Å²) in [5.74, 6) is 0.738. The number of carbonyl (C=O) groups is 1. The number of benzene rings is 1. The van der Waals surface area contributed by atoms with Crippen molar-refractivity contribution in [2.75, 3.05) is 26.2 Å². The molecule has 2 aromatic heterocycles. The van der Waals surface area contributed by atoms with Crippen molar-refractivity contribution in [3.63, 3.8) is 0 Å². The number of hydrogen-bond donors (Lipinski definition) is 0. The number of tetrazole rings is 1. The van der Waals surface area contributed by atoms with Crippen LogP contribution in [0, 0.1) is 12.8 Å². The first-order valence-electron chi connectivity index (χ1n) is 11.4. The Bertz CT molecular complexity index is 1200. The van der Waals surface area contributed by atoms with Crippen LogP contribution in [0.25, 0.3) is 0 Å². The Hall–Kier alpha value is -2.76. The number of aryl methyl sites for hydroxylation is 1. The van der Waals surface area contributed by atoms with Gasteiger partial charge in [-0.1, -0.05) is 31.5 Å². The van der Waals surface area contributed by atoms with Crippen molar-refractivity contribution in [3.05, 3.63) is 59.8 Å². The summed E-state index contributed by atoms with van der Waals surface area (Å²) in [6.07, 6.45) is 2.25. The van der Waals surface area contributed by atoms with Crippen LogP contribution in [0.4, 0.5) is 0 Å².